The van der Waals surface area contributed by atoms with Gasteiger partial charge in [-0.25, -0.2) is 9.78 Å². The van der Waals surface area contributed by atoms with Gasteiger partial charge in [0, 0.05) is 0 Å². The van der Waals surface area contributed by atoms with Crippen LogP contribution in [0.15, 0.2) is 6.20 Å². The van der Waals surface area contributed by atoms with Crippen LogP contribution < -0.4 is 9.47 Å². The molecule has 0 radical (unpaired) electrons. The first-order valence-electron chi connectivity index (χ1n) is 3.37. The molecule has 0 spiro atoms. The van der Waals surface area contributed by atoms with E-state index in [9.17, 15) is 4.79 Å². The molecule has 0 bridgehead atoms. The van der Waals surface area contributed by atoms with Crippen LogP contribution in [0.5, 0.6) is 11.8 Å². The number of aromatic carboxylic acids is 1. The van der Waals surface area contributed by atoms with Gasteiger partial charge in [-0.1, -0.05) is 0 Å². The third-order valence-electron chi connectivity index (χ3n) is 1.32. The van der Waals surface area contributed by atoms with Gasteiger partial charge in [-0.15, -0.1) is 0 Å². The largest absolute Gasteiger partial charge is 0.480 e. The molecule has 1 heterocycles. The molecule has 0 atom stereocenters. The van der Waals surface area contributed by atoms with Crippen molar-refractivity contribution < 1.29 is 19.4 Å². The van der Waals surface area contributed by atoms with E-state index in [1.54, 1.807) is 0 Å². The minimum Gasteiger partial charge on any atom is -0.480 e. The Morgan fingerprint density at radius 3 is 2.62 bits per heavy atom. The van der Waals surface area contributed by atoms with Crippen molar-refractivity contribution in [3.8, 4) is 11.8 Å². The molecule has 1 aromatic rings. The standard InChI is InChI=1S/C7H8N2O4/c1-12-4-3-8-5(7(10)11)6(9-4)13-2/h3H,1-2H3,(H,10,11). The molecule has 0 saturated carbocycles. The van der Waals surface area contributed by atoms with Gasteiger partial charge in [0.25, 0.3) is 5.88 Å². The predicted molar refractivity (Wildman–Crippen MR) is 42.1 cm³/mol. The molecule has 70 valence electrons. The minimum atomic E-state index is -1.19. The highest BCUT2D eigenvalue weighted by Gasteiger charge is 2.14. The third-order valence-corrected chi connectivity index (χ3v) is 1.32. The van der Waals surface area contributed by atoms with Crippen molar-refractivity contribution in [1.29, 1.82) is 0 Å². The fourth-order valence-electron chi connectivity index (χ4n) is 0.744. The number of nitrogens with zero attached hydrogens (tertiary/aromatic N) is 2. The zero-order valence-electron chi connectivity index (χ0n) is 7.14. The second-order valence-electron chi connectivity index (χ2n) is 2.08. The number of rotatable bonds is 3. The van der Waals surface area contributed by atoms with E-state index in [4.69, 9.17) is 14.6 Å². The molecule has 1 N–H and O–H groups in total. The normalized spacial score (nSPS) is 9.38. The third kappa shape index (κ3) is 1.84. The summed E-state index contributed by atoms with van der Waals surface area (Å²) in [6.45, 7) is 0. The van der Waals surface area contributed by atoms with Crippen molar-refractivity contribution in [3.05, 3.63) is 11.9 Å². The van der Waals surface area contributed by atoms with Crippen LogP contribution >= 0.6 is 0 Å². The number of carboxylic acids is 1. The summed E-state index contributed by atoms with van der Waals surface area (Å²) in [5.74, 6) is -1.04. The van der Waals surface area contributed by atoms with Gasteiger partial charge in [-0.2, -0.15) is 4.98 Å². The van der Waals surface area contributed by atoms with Gasteiger partial charge in [0.1, 0.15) is 0 Å². The second kappa shape index (κ2) is 3.70. The summed E-state index contributed by atoms with van der Waals surface area (Å²) in [5.41, 5.74) is -0.233. The summed E-state index contributed by atoms with van der Waals surface area (Å²) in [7, 11) is 2.72. The molecule has 0 aliphatic rings. The minimum absolute atomic E-state index is 0.0631. The molecule has 1 aromatic heterocycles. The molecule has 1 rings (SSSR count). The first kappa shape index (κ1) is 9.24. The summed E-state index contributed by atoms with van der Waals surface area (Å²) in [6.07, 6.45) is 1.21. The van der Waals surface area contributed by atoms with Crippen molar-refractivity contribution in [2.75, 3.05) is 14.2 Å². The number of carboxylic acid groups (broad SMARTS) is 1. The van der Waals surface area contributed by atoms with Gasteiger partial charge in [0.15, 0.2) is 0 Å². The van der Waals surface area contributed by atoms with Crippen molar-refractivity contribution in [2.24, 2.45) is 0 Å². The zero-order chi connectivity index (χ0) is 9.84. The Balaban J connectivity index is 3.15. The summed E-state index contributed by atoms with van der Waals surface area (Å²) >= 11 is 0. The van der Waals surface area contributed by atoms with E-state index in [1.165, 1.54) is 20.4 Å². The monoisotopic (exact) mass is 184 g/mol. The number of hydrogen-bond donors (Lipinski definition) is 1. The molecule has 0 unspecified atom stereocenters. The van der Waals surface area contributed by atoms with Gasteiger partial charge in [0.2, 0.25) is 11.6 Å². The van der Waals surface area contributed by atoms with E-state index < -0.39 is 5.97 Å². The van der Waals surface area contributed by atoms with Crippen LogP contribution in [0.2, 0.25) is 0 Å². The first-order chi connectivity index (χ1) is 6.19. The number of aromatic nitrogens is 2. The van der Waals surface area contributed by atoms with Crippen LogP contribution in [0.1, 0.15) is 10.5 Å². The van der Waals surface area contributed by atoms with E-state index >= 15 is 0 Å². The van der Waals surface area contributed by atoms with Crippen LogP contribution in [-0.4, -0.2) is 35.3 Å². The molecule has 6 heteroatoms. The lowest BCUT2D eigenvalue weighted by Gasteiger charge is -2.03. The lowest BCUT2D eigenvalue weighted by Crippen LogP contribution is -2.06. The highest BCUT2D eigenvalue weighted by atomic mass is 16.5. The van der Waals surface area contributed by atoms with Gasteiger partial charge in [-0.05, 0) is 0 Å². The number of ether oxygens (including phenoxy) is 2. The van der Waals surface area contributed by atoms with Crippen LogP contribution in [0, 0.1) is 0 Å². The molecule has 0 aliphatic carbocycles. The van der Waals surface area contributed by atoms with Crippen LogP contribution in [0.25, 0.3) is 0 Å². The molecule has 0 aromatic carbocycles. The van der Waals surface area contributed by atoms with Crippen molar-refractivity contribution in [2.45, 2.75) is 0 Å². The summed E-state index contributed by atoms with van der Waals surface area (Å²) in [4.78, 5) is 17.9. The van der Waals surface area contributed by atoms with E-state index in [0.29, 0.717) is 0 Å². The maximum atomic E-state index is 10.6. The lowest BCUT2D eigenvalue weighted by atomic mass is 10.4. The van der Waals surface area contributed by atoms with Gasteiger partial charge in [0.05, 0.1) is 20.4 Å². The highest BCUT2D eigenvalue weighted by molar-refractivity contribution is 5.87. The number of methoxy groups -OCH3 is 2. The average molecular weight is 184 g/mol. The summed E-state index contributed by atoms with van der Waals surface area (Å²) in [5, 5.41) is 8.64. The Morgan fingerprint density at radius 1 is 1.46 bits per heavy atom. The summed E-state index contributed by atoms with van der Waals surface area (Å²) < 4.78 is 9.46. The molecule has 6 nitrogen and oxygen atoms in total. The molecule has 0 aliphatic heterocycles. The first-order valence-corrected chi connectivity index (χ1v) is 3.37. The van der Waals surface area contributed by atoms with Crippen molar-refractivity contribution in [1.82, 2.24) is 9.97 Å². The predicted octanol–water partition coefficient (Wildman–Crippen LogP) is 0.192. The number of carbonyl (C=O) groups is 1. The Morgan fingerprint density at radius 2 is 2.15 bits per heavy atom. The van der Waals surface area contributed by atoms with Gasteiger partial charge in [-0.3, -0.25) is 0 Å². The van der Waals surface area contributed by atoms with Crippen LogP contribution in [-0.2, 0) is 0 Å². The smallest absolute Gasteiger partial charge is 0.360 e. The molecule has 0 fully saturated rings. The SMILES string of the molecule is COc1cnc(C(=O)O)c(OC)n1. The molecule has 13 heavy (non-hydrogen) atoms. The number of hydrogen-bond acceptors (Lipinski definition) is 5. The van der Waals surface area contributed by atoms with Gasteiger partial charge >= 0.3 is 5.97 Å². The fourth-order valence-corrected chi connectivity index (χ4v) is 0.744. The van der Waals surface area contributed by atoms with E-state index in [1.807, 2.05) is 0 Å². The van der Waals surface area contributed by atoms with Gasteiger partial charge < -0.3 is 14.6 Å². The van der Waals surface area contributed by atoms with Crippen LogP contribution in [0.4, 0.5) is 0 Å². The average Bonchev–Trinajstić information content (AvgIpc) is 2.16. The topological polar surface area (TPSA) is 81.5 Å². The lowest BCUT2D eigenvalue weighted by molar-refractivity contribution is 0.0685. The molecule has 0 amide bonds. The second-order valence-corrected chi connectivity index (χ2v) is 2.08. The molecular weight excluding hydrogens is 176 g/mol. The fraction of sp³-hybridized carbons (Fsp3) is 0.286. The van der Waals surface area contributed by atoms with E-state index in [-0.39, 0.29) is 17.5 Å². The Hall–Kier alpha value is -1.85. The Bertz CT molecular complexity index is 326. The maximum absolute atomic E-state index is 10.6. The Labute approximate surface area is 74.1 Å². The zero-order valence-corrected chi connectivity index (χ0v) is 7.14. The molecule has 0 saturated heterocycles. The molecular formula is C7H8N2O4. The Kier molecular flexibility index (Phi) is 2.63. The van der Waals surface area contributed by atoms with Crippen molar-refractivity contribution >= 4 is 5.97 Å². The van der Waals surface area contributed by atoms with E-state index in [0.717, 1.165) is 0 Å². The summed E-state index contributed by atoms with van der Waals surface area (Å²) in [6, 6.07) is 0. The van der Waals surface area contributed by atoms with Crippen LogP contribution in [0.3, 0.4) is 0 Å². The highest BCUT2D eigenvalue weighted by Crippen LogP contribution is 2.15. The van der Waals surface area contributed by atoms with E-state index in [2.05, 4.69) is 9.97 Å². The maximum Gasteiger partial charge on any atom is 0.360 e. The van der Waals surface area contributed by atoms with Crippen molar-refractivity contribution in [3.63, 3.8) is 0 Å². The quantitative estimate of drug-likeness (QED) is 0.722.